The third-order valence-corrected chi connectivity index (χ3v) is 3.88. The molecular formula is C16H15N3O2. The molecule has 0 saturated carbocycles. The summed E-state index contributed by atoms with van der Waals surface area (Å²) in [5.41, 5.74) is 0.509. The Kier molecular flexibility index (Phi) is 2.86. The molecule has 0 amide bonds. The van der Waals surface area contributed by atoms with Gasteiger partial charge in [0.25, 0.3) is 5.56 Å². The summed E-state index contributed by atoms with van der Waals surface area (Å²) in [6.07, 6.45) is 1.98. The first-order valence-electron chi connectivity index (χ1n) is 7.07. The molecule has 0 aliphatic carbocycles. The Morgan fingerprint density at radius 2 is 1.90 bits per heavy atom. The third kappa shape index (κ3) is 2.06. The van der Waals surface area contributed by atoms with E-state index >= 15 is 0 Å². The zero-order valence-electron chi connectivity index (χ0n) is 11.5. The van der Waals surface area contributed by atoms with Crippen molar-refractivity contribution in [1.29, 1.82) is 0 Å². The highest BCUT2D eigenvalue weighted by Crippen LogP contribution is 2.22. The van der Waals surface area contributed by atoms with Gasteiger partial charge in [-0.1, -0.05) is 24.3 Å². The summed E-state index contributed by atoms with van der Waals surface area (Å²) >= 11 is 0. The lowest BCUT2D eigenvalue weighted by atomic mass is 10.1. The molecule has 3 aromatic rings. The molecule has 0 N–H and O–H groups in total. The van der Waals surface area contributed by atoms with Crippen molar-refractivity contribution in [2.45, 2.75) is 0 Å². The Morgan fingerprint density at radius 1 is 1.10 bits per heavy atom. The van der Waals surface area contributed by atoms with Crippen molar-refractivity contribution < 1.29 is 4.74 Å². The Morgan fingerprint density at radius 3 is 2.76 bits per heavy atom. The minimum absolute atomic E-state index is 0.201. The number of benzene rings is 1. The highest BCUT2D eigenvalue weighted by atomic mass is 16.5. The number of fused-ring (bicyclic) bond motifs is 3. The summed E-state index contributed by atoms with van der Waals surface area (Å²) in [4.78, 5) is 18.4. The molecule has 0 spiro atoms. The van der Waals surface area contributed by atoms with Gasteiger partial charge in [0.05, 0.1) is 13.2 Å². The molecule has 106 valence electrons. The van der Waals surface area contributed by atoms with E-state index in [-0.39, 0.29) is 5.56 Å². The Labute approximate surface area is 121 Å². The highest BCUT2D eigenvalue weighted by molar-refractivity contribution is 5.94. The first-order valence-corrected chi connectivity index (χ1v) is 7.07. The standard InChI is InChI=1S/C16H15N3O2/c20-14-11-15(18-7-9-21-10-8-18)19-6-5-12-3-1-2-4-13(12)16(19)17-14/h1-6,11H,7-10H2. The van der Waals surface area contributed by atoms with E-state index < -0.39 is 0 Å². The number of anilines is 1. The Balaban J connectivity index is 2.02. The topological polar surface area (TPSA) is 46.8 Å². The van der Waals surface area contributed by atoms with Gasteiger partial charge < -0.3 is 9.64 Å². The SMILES string of the molecule is O=c1cc(N2CCOCC2)n2ccc3ccccc3c2n1. The smallest absolute Gasteiger partial charge is 0.275 e. The van der Waals surface area contributed by atoms with Crippen LogP contribution in [0.5, 0.6) is 0 Å². The predicted molar refractivity (Wildman–Crippen MR) is 82.0 cm³/mol. The maximum atomic E-state index is 12.0. The average molecular weight is 281 g/mol. The summed E-state index contributed by atoms with van der Waals surface area (Å²) in [7, 11) is 0. The fourth-order valence-electron chi connectivity index (χ4n) is 2.85. The zero-order valence-corrected chi connectivity index (χ0v) is 11.5. The van der Waals surface area contributed by atoms with Crippen molar-refractivity contribution in [2.24, 2.45) is 0 Å². The molecule has 1 aliphatic rings. The van der Waals surface area contributed by atoms with Crippen molar-refractivity contribution in [3.8, 4) is 0 Å². The molecule has 5 nitrogen and oxygen atoms in total. The number of hydrogen-bond acceptors (Lipinski definition) is 4. The van der Waals surface area contributed by atoms with E-state index in [1.54, 1.807) is 6.07 Å². The lowest BCUT2D eigenvalue weighted by Gasteiger charge is -2.29. The van der Waals surface area contributed by atoms with E-state index in [0.29, 0.717) is 18.9 Å². The van der Waals surface area contributed by atoms with Gasteiger partial charge in [-0.05, 0) is 11.5 Å². The van der Waals surface area contributed by atoms with Crippen molar-refractivity contribution in [1.82, 2.24) is 9.38 Å². The van der Waals surface area contributed by atoms with Crippen LogP contribution in [0.3, 0.4) is 0 Å². The molecule has 2 aromatic heterocycles. The van der Waals surface area contributed by atoms with Crippen LogP contribution >= 0.6 is 0 Å². The number of ether oxygens (including phenoxy) is 1. The normalized spacial score (nSPS) is 15.7. The van der Waals surface area contributed by atoms with Gasteiger partial charge in [-0.15, -0.1) is 0 Å². The minimum atomic E-state index is -0.201. The largest absolute Gasteiger partial charge is 0.378 e. The van der Waals surface area contributed by atoms with Crippen molar-refractivity contribution in [3.05, 3.63) is 52.9 Å². The van der Waals surface area contributed by atoms with Crippen LogP contribution in [0.2, 0.25) is 0 Å². The van der Waals surface area contributed by atoms with Crippen LogP contribution in [0.15, 0.2) is 47.4 Å². The highest BCUT2D eigenvalue weighted by Gasteiger charge is 2.15. The van der Waals surface area contributed by atoms with Crippen LogP contribution in [0.4, 0.5) is 5.82 Å². The molecule has 0 bridgehead atoms. The fourth-order valence-corrected chi connectivity index (χ4v) is 2.85. The molecule has 1 fully saturated rings. The first-order chi connectivity index (χ1) is 10.3. The van der Waals surface area contributed by atoms with Crippen molar-refractivity contribution in [3.63, 3.8) is 0 Å². The maximum absolute atomic E-state index is 12.0. The van der Waals surface area contributed by atoms with Crippen LogP contribution in [0.25, 0.3) is 16.4 Å². The molecule has 1 aromatic carbocycles. The second-order valence-electron chi connectivity index (χ2n) is 5.15. The van der Waals surface area contributed by atoms with E-state index in [4.69, 9.17) is 4.74 Å². The van der Waals surface area contributed by atoms with E-state index in [0.717, 1.165) is 29.7 Å². The van der Waals surface area contributed by atoms with Crippen LogP contribution in [-0.2, 0) is 4.74 Å². The summed E-state index contributed by atoms with van der Waals surface area (Å²) < 4.78 is 7.38. The fraction of sp³-hybridized carbons (Fsp3) is 0.250. The molecule has 1 aliphatic heterocycles. The number of aromatic nitrogens is 2. The van der Waals surface area contributed by atoms with Crippen LogP contribution in [-0.4, -0.2) is 35.7 Å². The van der Waals surface area contributed by atoms with Gasteiger partial charge >= 0.3 is 0 Å². The van der Waals surface area contributed by atoms with Crippen molar-refractivity contribution >= 4 is 22.2 Å². The predicted octanol–water partition coefficient (Wildman–Crippen LogP) is 1.68. The summed E-state index contributed by atoms with van der Waals surface area (Å²) in [6, 6.07) is 11.6. The molecule has 0 radical (unpaired) electrons. The number of pyridine rings is 1. The quantitative estimate of drug-likeness (QED) is 0.637. The molecule has 0 unspecified atom stereocenters. The lowest BCUT2D eigenvalue weighted by Crippen LogP contribution is -2.38. The van der Waals surface area contributed by atoms with Gasteiger partial charge in [0.15, 0.2) is 0 Å². The molecule has 1 saturated heterocycles. The van der Waals surface area contributed by atoms with Crippen molar-refractivity contribution in [2.75, 3.05) is 31.2 Å². The lowest BCUT2D eigenvalue weighted by molar-refractivity contribution is 0.122. The van der Waals surface area contributed by atoms with Gasteiger partial charge in [0.2, 0.25) is 0 Å². The minimum Gasteiger partial charge on any atom is -0.378 e. The molecule has 5 heteroatoms. The van der Waals surface area contributed by atoms with Crippen LogP contribution in [0.1, 0.15) is 0 Å². The zero-order chi connectivity index (χ0) is 14.2. The van der Waals surface area contributed by atoms with Gasteiger partial charge in [0.1, 0.15) is 11.5 Å². The number of morpholine rings is 1. The molecule has 21 heavy (non-hydrogen) atoms. The summed E-state index contributed by atoms with van der Waals surface area (Å²) in [6.45, 7) is 2.95. The first kappa shape index (κ1) is 12.3. The average Bonchev–Trinajstić information content (AvgIpc) is 2.55. The molecule has 4 rings (SSSR count). The maximum Gasteiger partial charge on any atom is 0.275 e. The molecule has 3 heterocycles. The Bertz CT molecular complexity index is 866. The van der Waals surface area contributed by atoms with Crippen LogP contribution < -0.4 is 10.5 Å². The number of rotatable bonds is 1. The molecular weight excluding hydrogens is 266 g/mol. The third-order valence-electron chi connectivity index (χ3n) is 3.88. The monoisotopic (exact) mass is 281 g/mol. The number of nitrogens with zero attached hydrogens (tertiary/aromatic N) is 3. The number of hydrogen-bond donors (Lipinski definition) is 0. The molecule has 0 atom stereocenters. The van der Waals surface area contributed by atoms with E-state index in [1.165, 1.54) is 0 Å². The van der Waals surface area contributed by atoms with Gasteiger partial charge in [-0.2, -0.15) is 4.98 Å². The van der Waals surface area contributed by atoms with E-state index in [9.17, 15) is 4.79 Å². The second-order valence-corrected chi connectivity index (χ2v) is 5.15. The van der Waals surface area contributed by atoms with Crippen LogP contribution in [0, 0.1) is 0 Å². The van der Waals surface area contributed by atoms with E-state index in [1.807, 2.05) is 34.9 Å². The second kappa shape index (κ2) is 4.86. The van der Waals surface area contributed by atoms with E-state index in [2.05, 4.69) is 16.0 Å². The van der Waals surface area contributed by atoms with Gasteiger partial charge in [-0.3, -0.25) is 9.20 Å². The van der Waals surface area contributed by atoms with Gasteiger partial charge in [-0.25, -0.2) is 0 Å². The summed E-state index contributed by atoms with van der Waals surface area (Å²) in [5, 5.41) is 2.08. The Hall–Kier alpha value is -2.40. The van der Waals surface area contributed by atoms with Gasteiger partial charge in [0, 0.05) is 30.7 Å². The summed E-state index contributed by atoms with van der Waals surface area (Å²) in [5.74, 6) is 0.888.